The normalized spacial score (nSPS) is 10.2. The van der Waals surface area contributed by atoms with Crippen LogP contribution in [0.2, 0.25) is 5.02 Å². The molecular weight excluding hydrogens is 319 g/mol. The number of halogens is 2. The van der Waals surface area contributed by atoms with Gasteiger partial charge in [0.1, 0.15) is 10.1 Å². The topological polar surface area (TPSA) is 32.3 Å². The molecule has 0 aliphatic carbocycles. The largest absolute Gasteiger partial charge is 0.358 e. The fourth-order valence-electron chi connectivity index (χ4n) is 1.48. The number of nitrogens with one attached hydrogen (secondary N) is 1. The first-order valence-corrected chi connectivity index (χ1v) is 7.91. The fraction of sp³-hybridized carbons (Fsp3) is 0.385. The third-order valence-corrected chi connectivity index (χ3v) is 4.31. The zero-order chi connectivity index (χ0) is 15.1. The molecule has 7 heteroatoms. The number of carbonyl (C=O) groups is 1. The van der Waals surface area contributed by atoms with Crippen LogP contribution in [-0.2, 0) is 4.79 Å². The summed E-state index contributed by atoms with van der Waals surface area (Å²) < 4.78 is 14.2. The maximum atomic E-state index is 13.5. The number of benzene rings is 1. The van der Waals surface area contributed by atoms with Crippen molar-refractivity contribution in [3.05, 3.63) is 29.0 Å². The van der Waals surface area contributed by atoms with Crippen LogP contribution in [-0.4, -0.2) is 34.0 Å². The number of carbonyl (C=O) groups excluding carboxylic acids is 1. The molecule has 1 amide bonds. The number of thiocarbonyl (C=S) groups is 1. The van der Waals surface area contributed by atoms with Crippen molar-refractivity contribution < 1.29 is 9.18 Å². The van der Waals surface area contributed by atoms with Crippen LogP contribution in [0.15, 0.2) is 18.2 Å². The van der Waals surface area contributed by atoms with Gasteiger partial charge in [-0.15, -0.1) is 0 Å². The predicted molar refractivity (Wildman–Crippen MR) is 88.0 cm³/mol. The summed E-state index contributed by atoms with van der Waals surface area (Å²) in [4.78, 5) is 13.7. The molecule has 0 fully saturated rings. The molecule has 0 bridgehead atoms. The molecule has 1 aromatic carbocycles. The lowest BCUT2D eigenvalue weighted by Crippen LogP contribution is -2.28. The Kier molecular flexibility index (Phi) is 7.26. The zero-order valence-corrected chi connectivity index (χ0v) is 13.7. The average molecular weight is 335 g/mol. The molecule has 0 aliphatic heterocycles. The van der Waals surface area contributed by atoms with E-state index in [1.807, 2.05) is 18.7 Å². The van der Waals surface area contributed by atoms with Gasteiger partial charge in [0.05, 0.1) is 11.4 Å². The molecule has 1 rings (SSSR count). The monoisotopic (exact) mass is 334 g/mol. The second-order valence-electron chi connectivity index (χ2n) is 3.90. The van der Waals surface area contributed by atoms with E-state index in [-0.39, 0.29) is 22.4 Å². The van der Waals surface area contributed by atoms with Crippen molar-refractivity contribution in [2.24, 2.45) is 0 Å². The van der Waals surface area contributed by atoms with Gasteiger partial charge in [-0.25, -0.2) is 4.39 Å². The molecule has 0 atom stereocenters. The van der Waals surface area contributed by atoms with Gasteiger partial charge in [0.25, 0.3) is 0 Å². The lowest BCUT2D eigenvalue weighted by Gasteiger charge is -2.20. The van der Waals surface area contributed by atoms with Crippen molar-refractivity contribution in [1.29, 1.82) is 0 Å². The standard InChI is InChI=1S/C13H16ClFN2OS2/c1-3-17(4-2)13(19)20-8-12(18)16-11-6-5-9(14)7-10(11)15/h5-7H,3-4,8H2,1-2H3,(H,16,18). The van der Waals surface area contributed by atoms with Gasteiger partial charge in [0.15, 0.2) is 0 Å². The minimum absolute atomic E-state index is 0.119. The number of thioether (sulfide) groups is 1. The van der Waals surface area contributed by atoms with Gasteiger partial charge in [-0.3, -0.25) is 4.79 Å². The number of anilines is 1. The zero-order valence-electron chi connectivity index (χ0n) is 11.3. The minimum atomic E-state index is -0.554. The molecule has 0 aromatic heterocycles. The van der Waals surface area contributed by atoms with E-state index in [4.69, 9.17) is 23.8 Å². The Hall–Kier alpha value is -0.850. The van der Waals surface area contributed by atoms with Crippen molar-refractivity contribution >= 4 is 51.5 Å². The van der Waals surface area contributed by atoms with Gasteiger partial charge in [0, 0.05) is 18.1 Å². The van der Waals surface area contributed by atoms with Gasteiger partial charge >= 0.3 is 0 Å². The van der Waals surface area contributed by atoms with Crippen LogP contribution < -0.4 is 5.32 Å². The number of hydrogen-bond acceptors (Lipinski definition) is 3. The van der Waals surface area contributed by atoms with Crippen LogP contribution in [0.25, 0.3) is 0 Å². The van der Waals surface area contributed by atoms with Crippen LogP contribution in [0.1, 0.15) is 13.8 Å². The Morgan fingerprint density at radius 1 is 1.45 bits per heavy atom. The molecule has 3 nitrogen and oxygen atoms in total. The van der Waals surface area contributed by atoms with Gasteiger partial charge in [0.2, 0.25) is 5.91 Å². The Morgan fingerprint density at radius 2 is 2.10 bits per heavy atom. The van der Waals surface area contributed by atoms with E-state index in [9.17, 15) is 9.18 Å². The van der Waals surface area contributed by atoms with Crippen molar-refractivity contribution in [3.63, 3.8) is 0 Å². The van der Waals surface area contributed by atoms with Gasteiger partial charge in [-0.1, -0.05) is 35.6 Å². The van der Waals surface area contributed by atoms with Crippen LogP contribution in [0.3, 0.4) is 0 Å². The molecular formula is C13H16ClFN2OS2. The van der Waals surface area contributed by atoms with Crippen molar-refractivity contribution in [2.45, 2.75) is 13.8 Å². The number of hydrogen-bond donors (Lipinski definition) is 1. The summed E-state index contributed by atoms with van der Waals surface area (Å²) in [5, 5.41) is 2.79. The van der Waals surface area contributed by atoms with Crippen LogP contribution in [0.4, 0.5) is 10.1 Å². The van der Waals surface area contributed by atoms with Gasteiger partial charge in [-0.05, 0) is 32.0 Å². The number of amides is 1. The Morgan fingerprint density at radius 3 is 2.65 bits per heavy atom. The molecule has 0 radical (unpaired) electrons. The average Bonchev–Trinajstić information content (AvgIpc) is 2.41. The van der Waals surface area contributed by atoms with E-state index in [0.717, 1.165) is 19.2 Å². The van der Waals surface area contributed by atoms with Crippen molar-refractivity contribution in [1.82, 2.24) is 4.90 Å². The second-order valence-corrected chi connectivity index (χ2v) is 5.94. The van der Waals surface area contributed by atoms with Gasteiger partial charge in [-0.2, -0.15) is 0 Å². The molecule has 0 unspecified atom stereocenters. The molecule has 0 saturated heterocycles. The molecule has 0 saturated carbocycles. The molecule has 20 heavy (non-hydrogen) atoms. The highest BCUT2D eigenvalue weighted by Gasteiger charge is 2.11. The summed E-state index contributed by atoms with van der Waals surface area (Å²) in [6.07, 6.45) is 0. The highest BCUT2D eigenvalue weighted by Crippen LogP contribution is 2.19. The summed E-state index contributed by atoms with van der Waals surface area (Å²) in [6, 6.07) is 4.11. The minimum Gasteiger partial charge on any atom is -0.358 e. The lowest BCUT2D eigenvalue weighted by molar-refractivity contribution is -0.113. The molecule has 0 aliphatic rings. The third-order valence-electron chi connectivity index (χ3n) is 2.55. The number of nitrogens with zero attached hydrogens (tertiary/aromatic N) is 1. The summed E-state index contributed by atoms with van der Waals surface area (Å²) in [5.41, 5.74) is 0.119. The maximum absolute atomic E-state index is 13.5. The van der Waals surface area contributed by atoms with Crippen LogP contribution >= 0.6 is 35.6 Å². The smallest absolute Gasteiger partial charge is 0.234 e. The SMILES string of the molecule is CCN(CC)C(=S)SCC(=O)Nc1ccc(Cl)cc1F. The molecule has 110 valence electrons. The van der Waals surface area contributed by atoms with Crippen molar-refractivity contribution in [3.8, 4) is 0 Å². The first kappa shape index (κ1) is 17.2. The predicted octanol–water partition coefficient (Wildman–Crippen LogP) is 3.78. The molecule has 0 heterocycles. The first-order chi connectivity index (χ1) is 9.47. The summed E-state index contributed by atoms with van der Waals surface area (Å²) in [6.45, 7) is 5.60. The molecule has 0 spiro atoms. The fourth-order valence-corrected chi connectivity index (χ4v) is 2.84. The van der Waals surface area contributed by atoms with E-state index in [1.165, 1.54) is 23.9 Å². The molecule has 1 aromatic rings. The highest BCUT2D eigenvalue weighted by atomic mass is 35.5. The Bertz CT molecular complexity index is 495. The lowest BCUT2D eigenvalue weighted by atomic mass is 10.3. The highest BCUT2D eigenvalue weighted by molar-refractivity contribution is 8.23. The maximum Gasteiger partial charge on any atom is 0.234 e. The summed E-state index contributed by atoms with van der Waals surface area (Å²) >= 11 is 12.1. The quantitative estimate of drug-likeness (QED) is 0.831. The summed E-state index contributed by atoms with van der Waals surface area (Å²) in [5.74, 6) is -0.704. The summed E-state index contributed by atoms with van der Waals surface area (Å²) in [7, 11) is 0. The van der Waals surface area contributed by atoms with Gasteiger partial charge < -0.3 is 10.2 Å². The van der Waals surface area contributed by atoms with Crippen molar-refractivity contribution in [2.75, 3.05) is 24.2 Å². The Balaban J connectivity index is 2.50. The second kappa shape index (κ2) is 8.44. The van der Waals surface area contributed by atoms with E-state index >= 15 is 0 Å². The number of rotatable bonds is 5. The van der Waals surface area contributed by atoms with Crippen LogP contribution in [0.5, 0.6) is 0 Å². The van der Waals surface area contributed by atoms with E-state index < -0.39 is 5.82 Å². The van der Waals surface area contributed by atoms with E-state index in [2.05, 4.69) is 5.32 Å². The van der Waals surface area contributed by atoms with Crippen LogP contribution in [0, 0.1) is 5.82 Å². The molecule has 1 N–H and O–H groups in total. The Labute approximate surface area is 132 Å². The van der Waals surface area contributed by atoms with E-state index in [1.54, 1.807) is 0 Å². The third kappa shape index (κ3) is 5.26. The first-order valence-electron chi connectivity index (χ1n) is 6.14. The van der Waals surface area contributed by atoms with E-state index in [0.29, 0.717) is 4.32 Å².